The number of benzene rings is 1. The van der Waals surface area contributed by atoms with Gasteiger partial charge in [0.1, 0.15) is 0 Å². The number of nitrogens with zero attached hydrogens (tertiary/aromatic N) is 1. The van der Waals surface area contributed by atoms with Gasteiger partial charge < -0.3 is 10.5 Å². The van der Waals surface area contributed by atoms with Crippen LogP contribution < -0.4 is 5.73 Å². The Morgan fingerprint density at radius 1 is 1.33 bits per heavy atom. The van der Waals surface area contributed by atoms with Gasteiger partial charge in [-0.2, -0.15) is 0 Å². The van der Waals surface area contributed by atoms with E-state index in [9.17, 15) is 9.59 Å². The third kappa shape index (κ3) is 6.40. The topological polar surface area (TPSA) is 72.6 Å². The van der Waals surface area contributed by atoms with Gasteiger partial charge in [-0.15, -0.1) is 0 Å². The fourth-order valence-corrected chi connectivity index (χ4v) is 2.18. The van der Waals surface area contributed by atoms with Crippen LogP contribution in [0, 0.1) is 5.92 Å². The van der Waals surface area contributed by atoms with Crippen molar-refractivity contribution in [3.63, 3.8) is 0 Å². The van der Waals surface area contributed by atoms with E-state index < -0.39 is 5.91 Å². The van der Waals surface area contributed by atoms with E-state index in [2.05, 4.69) is 23.5 Å². The molecule has 0 aliphatic heterocycles. The van der Waals surface area contributed by atoms with Crippen molar-refractivity contribution in [2.24, 2.45) is 11.7 Å². The summed E-state index contributed by atoms with van der Waals surface area (Å²) in [6, 6.07) is 7.28. The van der Waals surface area contributed by atoms with Gasteiger partial charge in [-0.25, -0.2) is 0 Å². The number of carbonyl (C=O) groups is 2. The molecule has 0 aliphatic carbocycles. The highest BCUT2D eigenvalue weighted by Crippen LogP contribution is 2.11. The van der Waals surface area contributed by atoms with E-state index in [0.717, 1.165) is 12.1 Å². The Bertz CT molecular complexity index is 486. The number of carbonyl (C=O) groups excluding carboxylic acids is 2. The summed E-state index contributed by atoms with van der Waals surface area (Å²) in [6.07, 6.45) is 0.360. The molecule has 0 spiro atoms. The molecule has 1 aromatic carbocycles. The first-order valence-corrected chi connectivity index (χ1v) is 7.10. The van der Waals surface area contributed by atoms with Crippen LogP contribution >= 0.6 is 0 Å². The number of amides is 1. The SMILES string of the molecule is COC(=O)CCN(Cc1cccc(C(N)=O)c1)CC(C)C. The molecule has 0 saturated carbocycles. The van der Waals surface area contributed by atoms with Crippen molar-refractivity contribution < 1.29 is 14.3 Å². The van der Waals surface area contributed by atoms with Gasteiger partial charge in [-0.3, -0.25) is 14.5 Å². The Hall–Kier alpha value is -1.88. The van der Waals surface area contributed by atoms with E-state index in [1.54, 1.807) is 12.1 Å². The summed E-state index contributed by atoms with van der Waals surface area (Å²) in [5, 5.41) is 0. The number of hydrogen-bond donors (Lipinski definition) is 1. The van der Waals surface area contributed by atoms with Crippen LogP contribution in [0.2, 0.25) is 0 Å². The maximum atomic E-state index is 11.3. The molecule has 0 aromatic heterocycles. The third-order valence-electron chi connectivity index (χ3n) is 3.10. The zero-order chi connectivity index (χ0) is 15.8. The zero-order valence-corrected chi connectivity index (χ0v) is 13.0. The van der Waals surface area contributed by atoms with Gasteiger partial charge in [0.15, 0.2) is 0 Å². The van der Waals surface area contributed by atoms with Gasteiger partial charge in [-0.1, -0.05) is 26.0 Å². The minimum absolute atomic E-state index is 0.213. The number of ether oxygens (including phenoxy) is 1. The summed E-state index contributed by atoms with van der Waals surface area (Å²) in [7, 11) is 1.39. The van der Waals surface area contributed by atoms with Crippen molar-refractivity contribution in [3.8, 4) is 0 Å². The summed E-state index contributed by atoms with van der Waals surface area (Å²) in [4.78, 5) is 24.7. The maximum Gasteiger partial charge on any atom is 0.306 e. The number of rotatable bonds is 8. The Morgan fingerprint density at radius 2 is 2.05 bits per heavy atom. The normalized spacial score (nSPS) is 10.9. The molecule has 0 saturated heterocycles. The standard InChI is InChI=1S/C16H24N2O3/c1-12(2)10-18(8-7-15(19)21-3)11-13-5-4-6-14(9-13)16(17)20/h4-6,9,12H,7-8,10-11H2,1-3H3,(H2,17,20). The minimum Gasteiger partial charge on any atom is -0.469 e. The molecule has 21 heavy (non-hydrogen) atoms. The quantitative estimate of drug-likeness (QED) is 0.742. The second-order valence-corrected chi connectivity index (χ2v) is 5.52. The van der Waals surface area contributed by atoms with Gasteiger partial charge in [0, 0.05) is 25.2 Å². The molecular formula is C16H24N2O3. The second-order valence-electron chi connectivity index (χ2n) is 5.52. The molecule has 1 amide bonds. The highest BCUT2D eigenvalue weighted by molar-refractivity contribution is 5.92. The van der Waals surface area contributed by atoms with Crippen LogP contribution in [0.5, 0.6) is 0 Å². The Balaban J connectivity index is 2.73. The van der Waals surface area contributed by atoms with Crippen LogP contribution in [0.1, 0.15) is 36.2 Å². The number of esters is 1. The molecule has 1 aromatic rings. The molecule has 5 heteroatoms. The maximum absolute atomic E-state index is 11.3. The Labute approximate surface area is 126 Å². The highest BCUT2D eigenvalue weighted by Gasteiger charge is 2.12. The van der Waals surface area contributed by atoms with Crippen LogP contribution in [-0.2, 0) is 16.1 Å². The highest BCUT2D eigenvalue weighted by atomic mass is 16.5. The van der Waals surface area contributed by atoms with Gasteiger partial charge in [0.05, 0.1) is 13.5 Å². The Kier molecular flexibility index (Phi) is 6.88. The molecule has 0 fully saturated rings. The molecule has 0 heterocycles. The molecule has 0 atom stereocenters. The first-order chi connectivity index (χ1) is 9.92. The first-order valence-electron chi connectivity index (χ1n) is 7.10. The monoisotopic (exact) mass is 292 g/mol. The molecule has 0 radical (unpaired) electrons. The molecule has 116 valence electrons. The molecule has 0 unspecified atom stereocenters. The van der Waals surface area contributed by atoms with Gasteiger partial charge in [0.2, 0.25) is 5.91 Å². The van der Waals surface area contributed by atoms with Crippen molar-refractivity contribution in [3.05, 3.63) is 35.4 Å². The van der Waals surface area contributed by atoms with Gasteiger partial charge in [-0.05, 0) is 23.6 Å². The van der Waals surface area contributed by atoms with E-state index in [1.165, 1.54) is 7.11 Å². The molecule has 0 bridgehead atoms. The van der Waals surface area contributed by atoms with Crippen LogP contribution in [-0.4, -0.2) is 37.0 Å². The van der Waals surface area contributed by atoms with Crippen LogP contribution in [0.25, 0.3) is 0 Å². The van der Waals surface area contributed by atoms with Crippen molar-refractivity contribution in [2.75, 3.05) is 20.2 Å². The van der Waals surface area contributed by atoms with Gasteiger partial charge in [0.25, 0.3) is 0 Å². The second kappa shape index (κ2) is 8.42. The molecule has 0 aliphatic rings. The zero-order valence-electron chi connectivity index (χ0n) is 13.0. The molecule has 2 N–H and O–H groups in total. The predicted octanol–water partition coefficient (Wildman–Crippen LogP) is 1.81. The number of methoxy groups -OCH3 is 1. The third-order valence-corrected chi connectivity index (χ3v) is 3.10. The fraction of sp³-hybridized carbons (Fsp3) is 0.500. The molecule has 1 rings (SSSR count). The lowest BCUT2D eigenvalue weighted by Gasteiger charge is -2.24. The van der Waals surface area contributed by atoms with Crippen LogP contribution in [0.4, 0.5) is 0 Å². The number of hydrogen-bond acceptors (Lipinski definition) is 4. The fourth-order valence-electron chi connectivity index (χ4n) is 2.18. The van der Waals surface area contributed by atoms with Gasteiger partial charge >= 0.3 is 5.97 Å². The lowest BCUT2D eigenvalue weighted by molar-refractivity contribution is -0.141. The number of primary amides is 1. The van der Waals surface area contributed by atoms with Crippen LogP contribution in [0.15, 0.2) is 24.3 Å². The summed E-state index contributed by atoms with van der Waals surface area (Å²) in [5.41, 5.74) is 6.81. The summed E-state index contributed by atoms with van der Waals surface area (Å²) >= 11 is 0. The van der Waals surface area contributed by atoms with E-state index in [4.69, 9.17) is 5.73 Å². The lowest BCUT2D eigenvalue weighted by Crippen LogP contribution is -2.30. The van der Waals surface area contributed by atoms with E-state index in [0.29, 0.717) is 31.0 Å². The van der Waals surface area contributed by atoms with Crippen molar-refractivity contribution in [1.29, 1.82) is 0 Å². The smallest absolute Gasteiger partial charge is 0.306 e. The van der Waals surface area contributed by atoms with Crippen molar-refractivity contribution in [1.82, 2.24) is 4.90 Å². The van der Waals surface area contributed by atoms with Crippen molar-refractivity contribution >= 4 is 11.9 Å². The average Bonchev–Trinajstić information content (AvgIpc) is 2.44. The van der Waals surface area contributed by atoms with Crippen molar-refractivity contribution in [2.45, 2.75) is 26.8 Å². The molecule has 5 nitrogen and oxygen atoms in total. The summed E-state index contributed by atoms with van der Waals surface area (Å²) < 4.78 is 4.68. The average molecular weight is 292 g/mol. The summed E-state index contributed by atoms with van der Waals surface area (Å²) in [6.45, 7) is 6.44. The van der Waals surface area contributed by atoms with E-state index in [-0.39, 0.29) is 5.97 Å². The van der Waals surface area contributed by atoms with Crippen LogP contribution in [0.3, 0.4) is 0 Å². The number of nitrogens with two attached hydrogens (primary N) is 1. The molecular weight excluding hydrogens is 268 g/mol. The largest absolute Gasteiger partial charge is 0.469 e. The minimum atomic E-state index is -0.429. The lowest BCUT2D eigenvalue weighted by atomic mass is 10.1. The predicted molar refractivity (Wildman–Crippen MR) is 81.7 cm³/mol. The first kappa shape index (κ1) is 17.2. The van der Waals surface area contributed by atoms with E-state index in [1.807, 2.05) is 12.1 Å². The Morgan fingerprint density at radius 3 is 2.62 bits per heavy atom. The summed E-state index contributed by atoms with van der Waals surface area (Å²) in [5.74, 6) is -0.154. The van der Waals surface area contributed by atoms with E-state index >= 15 is 0 Å².